The summed E-state index contributed by atoms with van der Waals surface area (Å²) in [4.78, 5) is 28.0. The van der Waals surface area contributed by atoms with Crippen LogP contribution < -0.4 is 14.8 Å². The number of alkyl halides is 3. The summed E-state index contributed by atoms with van der Waals surface area (Å²) in [6.07, 6.45) is -5.55. The summed E-state index contributed by atoms with van der Waals surface area (Å²) in [5.74, 6) is -1.10. The van der Waals surface area contributed by atoms with E-state index in [1.165, 1.54) is 53.7 Å². The predicted molar refractivity (Wildman–Crippen MR) is 174 cm³/mol. The lowest BCUT2D eigenvalue weighted by Gasteiger charge is -2.35. The third-order valence-corrected chi connectivity index (χ3v) is 10.0. The molecule has 2 aromatic rings. The number of sulfonamides is 1. The van der Waals surface area contributed by atoms with Crippen LogP contribution in [0.1, 0.15) is 63.2 Å². The minimum Gasteiger partial charge on any atom is -0.497 e. The number of likely N-dealkylation sites (N-methyl/N-ethyl adjacent to an activating group) is 1. The second-order valence-corrected chi connectivity index (χ2v) is 14.2. The average molecular weight is 702 g/mol. The molecule has 48 heavy (non-hydrogen) atoms. The zero-order valence-electron chi connectivity index (χ0n) is 28.0. The number of hydrogen-bond donors (Lipinski definition) is 2. The summed E-state index contributed by atoms with van der Waals surface area (Å²) in [5, 5.41) is 12.6. The number of rotatable bonds is 10. The van der Waals surface area contributed by atoms with Gasteiger partial charge in [0, 0.05) is 44.8 Å². The number of fused-ring (bicyclic) bond motifs is 1. The van der Waals surface area contributed by atoms with Crippen LogP contribution >= 0.6 is 0 Å². The van der Waals surface area contributed by atoms with Crippen molar-refractivity contribution in [3.05, 3.63) is 48.0 Å². The van der Waals surface area contributed by atoms with Gasteiger partial charge in [-0.3, -0.25) is 9.59 Å². The van der Waals surface area contributed by atoms with Gasteiger partial charge in [0.25, 0.3) is 5.91 Å². The highest BCUT2D eigenvalue weighted by Gasteiger charge is 2.33. The fraction of sp³-hybridized carbons (Fsp3) is 0.576. The van der Waals surface area contributed by atoms with E-state index in [4.69, 9.17) is 14.2 Å². The van der Waals surface area contributed by atoms with E-state index >= 15 is 0 Å². The van der Waals surface area contributed by atoms with Crippen molar-refractivity contribution in [2.24, 2.45) is 5.92 Å². The number of benzene rings is 2. The number of hydrogen-bond acceptors (Lipinski definition) is 8. The molecule has 0 saturated carbocycles. The number of aliphatic hydroxyl groups excluding tert-OH is 1. The van der Waals surface area contributed by atoms with E-state index in [-0.39, 0.29) is 41.1 Å². The molecule has 4 atom stereocenters. The Hall–Kier alpha value is -3.40. The molecule has 1 aliphatic heterocycles. The second kappa shape index (κ2) is 17.3. The molecule has 3 rings (SSSR count). The van der Waals surface area contributed by atoms with Crippen molar-refractivity contribution in [3.63, 3.8) is 0 Å². The van der Waals surface area contributed by atoms with Crippen LogP contribution in [0.2, 0.25) is 0 Å². The molecule has 1 aliphatic rings. The van der Waals surface area contributed by atoms with E-state index in [0.717, 1.165) is 0 Å². The van der Waals surface area contributed by atoms with Crippen LogP contribution in [0.3, 0.4) is 0 Å². The standard InChI is InChI=1S/C33H46F3N3O8S/c1-22-19-39(23(2)21-40)32(42)28-18-25(37-31(41)15-16-33(34,35)36)9-14-29(28)47-24(3)8-6-7-17-46-30(22)20-38(4)48(43,44)27-12-10-26(45-5)11-13-27/h9-14,18,22-24,30,40H,6-8,15-17,19-21H2,1-5H3,(H,37,41)/t22-,23+,24-,30+/m0/s1. The SMILES string of the molecule is COc1ccc(S(=O)(=O)N(C)C[C@H]2OCCCC[C@H](C)Oc3ccc(NC(=O)CCC(F)(F)F)cc3C(=O)N([C@H](C)CO)C[C@@H]2C)cc1. The molecular weight excluding hydrogens is 655 g/mol. The molecule has 0 saturated heterocycles. The largest absolute Gasteiger partial charge is 0.497 e. The van der Waals surface area contributed by atoms with Crippen molar-refractivity contribution in [2.75, 3.05) is 45.8 Å². The number of aliphatic hydroxyl groups is 1. The molecule has 11 nitrogen and oxygen atoms in total. The lowest BCUT2D eigenvalue weighted by atomic mass is 10.0. The fourth-order valence-electron chi connectivity index (χ4n) is 5.22. The molecule has 0 spiro atoms. The predicted octanol–water partition coefficient (Wildman–Crippen LogP) is 5.09. The smallest absolute Gasteiger partial charge is 0.389 e. The summed E-state index contributed by atoms with van der Waals surface area (Å²) in [5.41, 5.74) is 0.166. The van der Waals surface area contributed by atoms with Crippen LogP contribution in [-0.4, -0.2) is 99.4 Å². The van der Waals surface area contributed by atoms with Crippen molar-refractivity contribution < 1.29 is 50.5 Å². The van der Waals surface area contributed by atoms with Gasteiger partial charge in [0.05, 0.1) is 48.8 Å². The van der Waals surface area contributed by atoms with Gasteiger partial charge < -0.3 is 29.5 Å². The summed E-state index contributed by atoms with van der Waals surface area (Å²) in [6.45, 7) is 5.30. The Labute approximate surface area is 280 Å². The third-order valence-electron chi connectivity index (χ3n) is 8.18. The Morgan fingerprint density at radius 1 is 1.17 bits per heavy atom. The van der Waals surface area contributed by atoms with Gasteiger partial charge in [0.15, 0.2) is 0 Å². The number of amides is 2. The highest BCUT2D eigenvalue weighted by molar-refractivity contribution is 7.89. The van der Waals surface area contributed by atoms with E-state index in [1.54, 1.807) is 19.1 Å². The molecular formula is C33H46F3N3O8S. The first-order chi connectivity index (χ1) is 22.5. The van der Waals surface area contributed by atoms with Crippen molar-refractivity contribution in [2.45, 2.75) is 82.2 Å². The maximum atomic E-state index is 14.2. The van der Waals surface area contributed by atoms with Gasteiger partial charge in [-0.05, 0) is 75.6 Å². The van der Waals surface area contributed by atoms with Gasteiger partial charge in [0.2, 0.25) is 15.9 Å². The summed E-state index contributed by atoms with van der Waals surface area (Å²) in [6, 6.07) is 9.64. The van der Waals surface area contributed by atoms with E-state index in [0.29, 0.717) is 31.6 Å². The zero-order valence-corrected chi connectivity index (χ0v) is 28.8. The van der Waals surface area contributed by atoms with Crippen LogP contribution in [-0.2, 0) is 19.6 Å². The normalized spacial score (nSPS) is 20.8. The van der Waals surface area contributed by atoms with Crippen LogP contribution in [0.15, 0.2) is 47.4 Å². The molecule has 0 fully saturated rings. The molecule has 2 aromatic carbocycles. The Balaban J connectivity index is 1.93. The van der Waals surface area contributed by atoms with Crippen molar-refractivity contribution >= 4 is 27.5 Å². The lowest BCUT2D eigenvalue weighted by Crippen LogP contribution is -2.48. The first-order valence-electron chi connectivity index (χ1n) is 15.9. The van der Waals surface area contributed by atoms with Crippen LogP contribution in [0.25, 0.3) is 0 Å². The number of halogens is 3. The first kappa shape index (κ1) is 39.0. The van der Waals surface area contributed by atoms with E-state index < -0.39 is 65.5 Å². The quantitative estimate of drug-likeness (QED) is 0.350. The van der Waals surface area contributed by atoms with E-state index in [2.05, 4.69) is 5.32 Å². The van der Waals surface area contributed by atoms with E-state index in [9.17, 15) is 36.3 Å². The molecule has 0 aliphatic carbocycles. The maximum Gasteiger partial charge on any atom is 0.389 e. The van der Waals surface area contributed by atoms with Crippen molar-refractivity contribution in [3.8, 4) is 11.5 Å². The molecule has 0 bridgehead atoms. The van der Waals surface area contributed by atoms with Crippen LogP contribution in [0.5, 0.6) is 11.5 Å². The lowest BCUT2D eigenvalue weighted by molar-refractivity contribution is -0.142. The van der Waals surface area contributed by atoms with Crippen LogP contribution in [0, 0.1) is 5.92 Å². The van der Waals surface area contributed by atoms with Gasteiger partial charge in [-0.1, -0.05) is 6.92 Å². The van der Waals surface area contributed by atoms with Crippen LogP contribution in [0.4, 0.5) is 18.9 Å². The first-order valence-corrected chi connectivity index (χ1v) is 17.3. The minimum atomic E-state index is -4.50. The summed E-state index contributed by atoms with van der Waals surface area (Å²) in [7, 11) is -0.960. The van der Waals surface area contributed by atoms with Crippen molar-refractivity contribution in [1.82, 2.24) is 9.21 Å². The van der Waals surface area contributed by atoms with E-state index in [1.807, 2.05) is 13.8 Å². The molecule has 0 radical (unpaired) electrons. The minimum absolute atomic E-state index is 0.0186. The summed E-state index contributed by atoms with van der Waals surface area (Å²) < 4.78 is 83.6. The highest BCUT2D eigenvalue weighted by Crippen LogP contribution is 2.29. The molecule has 0 aromatic heterocycles. The highest BCUT2D eigenvalue weighted by atomic mass is 32.2. The molecule has 1 heterocycles. The van der Waals surface area contributed by atoms with Gasteiger partial charge >= 0.3 is 6.18 Å². The fourth-order valence-corrected chi connectivity index (χ4v) is 6.40. The molecule has 15 heteroatoms. The molecule has 2 amide bonds. The number of methoxy groups -OCH3 is 1. The number of ether oxygens (including phenoxy) is 3. The topological polar surface area (TPSA) is 135 Å². The number of anilines is 1. The molecule has 2 N–H and O–H groups in total. The van der Waals surface area contributed by atoms with Crippen molar-refractivity contribution in [1.29, 1.82) is 0 Å². The molecule has 0 unspecified atom stereocenters. The Morgan fingerprint density at radius 2 is 1.85 bits per heavy atom. The second-order valence-electron chi connectivity index (χ2n) is 12.1. The Morgan fingerprint density at radius 3 is 2.48 bits per heavy atom. The molecule has 268 valence electrons. The maximum absolute atomic E-state index is 14.2. The van der Waals surface area contributed by atoms with Gasteiger partial charge in [-0.25, -0.2) is 8.42 Å². The number of carbonyl (C=O) groups is 2. The number of nitrogens with zero attached hydrogens (tertiary/aromatic N) is 2. The summed E-state index contributed by atoms with van der Waals surface area (Å²) >= 11 is 0. The third kappa shape index (κ3) is 11.1. The van der Waals surface area contributed by atoms with Gasteiger partial charge in [0.1, 0.15) is 11.5 Å². The Bertz CT molecular complexity index is 1470. The monoisotopic (exact) mass is 701 g/mol. The number of nitrogens with one attached hydrogen (secondary N) is 1. The average Bonchev–Trinajstić information content (AvgIpc) is 3.04. The van der Waals surface area contributed by atoms with Gasteiger partial charge in [-0.2, -0.15) is 17.5 Å². The zero-order chi connectivity index (χ0) is 35.6. The Kier molecular flexibility index (Phi) is 14.1. The van der Waals surface area contributed by atoms with Gasteiger partial charge in [-0.15, -0.1) is 0 Å². The number of carbonyl (C=O) groups excluding carboxylic acids is 2.